The predicted octanol–water partition coefficient (Wildman–Crippen LogP) is 2.75. The number of nitrogens with two attached hydrogens (primary N) is 1. The second kappa shape index (κ2) is 3.67. The molecule has 1 heterocycles. The van der Waals surface area contributed by atoms with Crippen LogP contribution in [0.4, 0.5) is 5.69 Å². The van der Waals surface area contributed by atoms with Gasteiger partial charge in [0.15, 0.2) is 0 Å². The van der Waals surface area contributed by atoms with Crippen molar-refractivity contribution in [3.05, 3.63) is 42.2 Å². The molecule has 0 atom stereocenters. The topological polar surface area (TPSA) is 43.8 Å². The lowest BCUT2D eigenvalue weighted by Crippen LogP contribution is -2.10. The van der Waals surface area contributed by atoms with Crippen molar-refractivity contribution in [3.63, 3.8) is 0 Å². The summed E-state index contributed by atoms with van der Waals surface area (Å²) in [5, 5.41) is 4.17. The average molecular weight is 215 g/mol. The molecule has 0 aliphatic rings. The van der Waals surface area contributed by atoms with Gasteiger partial charge in [0.2, 0.25) is 0 Å². The van der Waals surface area contributed by atoms with Crippen molar-refractivity contribution >= 4 is 5.69 Å². The van der Waals surface area contributed by atoms with Crippen LogP contribution in [0.3, 0.4) is 0 Å². The fourth-order valence-corrected chi connectivity index (χ4v) is 1.59. The van der Waals surface area contributed by atoms with Gasteiger partial charge >= 0.3 is 0 Å². The number of anilines is 1. The van der Waals surface area contributed by atoms with E-state index in [1.807, 2.05) is 6.20 Å². The largest absolute Gasteiger partial charge is 0.396 e. The molecule has 2 aromatic rings. The van der Waals surface area contributed by atoms with Crippen molar-refractivity contribution in [2.24, 2.45) is 0 Å². The zero-order valence-corrected chi connectivity index (χ0v) is 9.94. The van der Waals surface area contributed by atoms with E-state index in [0.717, 1.165) is 5.69 Å². The Hall–Kier alpha value is -1.77. The van der Waals surface area contributed by atoms with Crippen LogP contribution in [-0.2, 0) is 5.41 Å². The van der Waals surface area contributed by atoms with E-state index in [1.54, 1.807) is 10.9 Å². The van der Waals surface area contributed by atoms with Gasteiger partial charge in [0.05, 0.1) is 23.8 Å². The maximum atomic E-state index is 5.63. The van der Waals surface area contributed by atoms with Gasteiger partial charge in [-0.3, -0.25) is 0 Å². The number of hydrogen-bond acceptors (Lipinski definition) is 2. The van der Waals surface area contributed by atoms with E-state index in [1.165, 1.54) is 5.56 Å². The van der Waals surface area contributed by atoms with Crippen LogP contribution in [0.15, 0.2) is 36.7 Å². The van der Waals surface area contributed by atoms with E-state index in [0.29, 0.717) is 5.69 Å². The quantitative estimate of drug-likeness (QED) is 0.795. The van der Waals surface area contributed by atoms with Crippen molar-refractivity contribution in [2.45, 2.75) is 26.2 Å². The van der Waals surface area contributed by atoms with Gasteiger partial charge in [0.1, 0.15) is 0 Å². The predicted molar refractivity (Wildman–Crippen MR) is 66.7 cm³/mol. The molecular formula is C13H17N3. The Kier molecular flexibility index (Phi) is 2.46. The van der Waals surface area contributed by atoms with Gasteiger partial charge in [-0.15, -0.1) is 0 Å². The maximum absolute atomic E-state index is 5.63. The Morgan fingerprint density at radius 3 is 2.19 bits per heavy atom. The third-order valence-corrected chi connectivity index (χ3v) is 2.60. The third-order valence-electron chi connectivity index (χ3n) is 2.60. The minimum Gasteiger partial charge on any atom is -0.396 e. The lowest BCUT2D eigenvalue weighted by molar-refractivity contribution is 0.590. The molecule has 0 aliphatic carbocycles. The summed E-state index contributed by atoms with van der Waals surface area (Å²) >= 11 is 0. The molecule has 0 amide bonds. The third kappa shape index (κ3) is 2.08. The molecule has 1 aromatic heterocycles. The number of nitrogen functional groups attached to an aromatic ring is 1. The fourth-order valence-electron chi connectivity index (χ4n) is 1.59. The Morgan fingerprint density at radius 2 is 1.75 bits per heavy atom. The summed E-state index contributed by atoms with van der Waals surface area (Å²) in [7, 11) is 0. The Morgan fingerprint density at radius 1 is 1.12 bits per heavy atom. The molecule has 3 nitrogen and oxygen atoms in total. The van der Waals surface area contributed by atoms with Crippen LogP contribution >= 0.6 is 0 Å². The van der Waals surface area contributed by atoms with E-state index >= 15 is 0 Å². The average Bonchev–Trinajstić information content (AvgIpc) is 2.64. The molecule has 2 N–H and O–H groups in total. The zero-order chi connectivity index (χ0) is 11.8. The maximum Gasteiger partial charge on any atom is 0.0724 e. The second-order valence-electron chi connectivity index (χ2n) is 5.02. The highest BCUT2D eigenvalue weighted by Gasteiger charge is 2.12. The summed E-state index contributed by atoms with van der Waals surface area (Å²) in [6.07, 6.45) is 3.46. The van der Waals surface area contributed by atoms with Crippen LogP contribution in [0.2, 0.25) is 0 Å². The monoisotopic (exact) mass is 215 g/mol. The number of rotatable bonds is 1. The molecule has 0 spiro atoms. The van der Waals surface area contributed by atoms with Crippen LogP contribution < -0.4 is 5.73 Å². The molecular weight excluding hydrogens is 198 g/mol. The number of benzene rings is 1. The summed E-state index contributed by atoms with van der Waals surface area (Å²) in [4.78, 5) is 0. The van der Waals surface area contributed by atoms with E-state index in [-0.39, 0.29) is 5.41 Å². The highest BCUT2D eigenvalue weighted by atomic mass is 15.3. The van der Waals surface area contributed by atoms with E-state index in [2.05, 4.69) is 50.1 Å². The van der Waals surface area contributed by atoms with E-state index < -0.39 is 0 Å². The van der Waals surface area contributed by atoms with Crippen molar-refractivity contribution in [1.29, 1.82) is 0 Å². The number of nitrogens with zero attached hydrogens (tertiary/aromatic N) is 2. The van der Waals surface area contributed by atoms with Crippen molar-refractivity contribution in [3.8, 4) is 5.69 Å². The lowest BCUT2D eigenvalue weighted by Gasteiger charge is -2.19. The number of aromatic nitrogens is 2. The first-order valence-corrected chi connectivity index (χ1v) is 5.38. The van der Waals surface area contributed by atoms with Crippen molar-refractivity contribution in [2.75, 3.05) is 5.73 Å². The van der Waals surface area contributed by atoms with E-state index in [9.17, 15) is 0 Å². The number of hydrogen-bond donors (Lipinski definition) is 1. The van der Waals surface area contributed by atoms with Gasteiger partial charge in [-0.25, -0.2) is 4.68 Å². The molecule has 0 radical (unpaired) electrons. The van der Waals surface area contributed by atoms with Gasteiger partial charge in [-0.2, -0.15) is 5.10 Å². The summed E-state index contributed by atoms with van der Waals surface area (Å²) < 4.78 is 1.78. The van der Waals surface area contributed by atoms with Gasteiger partial charge in [-0.1, -0.05) is 32.9 Å². The lowest BCUT2D eigenvalue weighted by atomic mass is 9.87. The second-order valence-corrected chi connectivity index (χ2v) is 5.02. The van der Waals surface area contributed by atoms with Crippen molar-refractivity contribution < 1.29 is 0 Å². The van der Waals surface area contributed by atoms with Crippen LogP contribution in [0, 0.1) is 0 Å². The Balaban J connectivity index is 2.33. The molecule has 0 saturated heterocycles. The van der Waals surface area contributed by atoms with Gasteiger partial charge in [0, 0.05) is 0 Å². The highest BCUT2D eigenvalue weighted by Crippen LogP contribution is 2.23. The minimum atomic E-state index is 0.182. The molecule has 0 bridgehead atoms. The smallest absolute Gasteiger partial charge is 0.0724 e. The molecule has 16 heavy (non-hydrogen) atoms. The molecule has 2 rings (SSSR count). The van der Waals surface area contributed by atoms with Crippen molar-refractivity contribution in [1.82, 2.24) is 9.78 Å². The van der Waals surface area contributed by atoms with Gasteiger partial charge in [-0.05, 0) is 23.1 Å². The molecule has 1 aromatic carbocycles. The summed E-state index contributed by atoms with van der Waals surface area (Å²) in [6, 6.07) is 8.39. The van der Waals surface area contributed by atoms with Crippen LogP contribution in [0.25, 0.3) is 5.69 Å². The SMILES string of the molecule is CC(C)(C)c1ccc(-n2cc(N)cn2)cc1. The normalized spacial score (nSPS) is 11.7. The molecule has 0 aliphatic heterocycles. The molecule has 84 valence electrons. The van der Waals surface area contributed by atoms with E-state index in [4.69, 9.17) is 5.73 Å². The first kappa shape index (κ1) is 10.7. The minimum absolute atomic E-state index is 0.182. The van der Waals surface area contributed by atoms with Gasteiger partial charge < -0.3 is 5.73 Å². The van der Waals surface area contributed by atoms with Crippen LogP contribution in [-0.4, -0.2) is 9.78 Å². The van der Waals surface area contributed by atoms with Crippen LogP contribution in [0.5, 0.6) is 0 Å². The van der Waals surface area contributed by atoms with Gasteiger partial charge in [0.25, 0.3) is 0 Å². The summed E-state index contributed by atoms with van der Waals surface area (Å²) in [5.41, 5.74) is 8.84. The standard InChI is InChI=1S/C13H17N3/c1-13(2,3)10-4-6-12(7-5-10)16-9-11(14)8-15-16/h4-9H,14H2,1-3H3. The zero-order valence-electron chi connectivity index (χ0n) is 9.94. The first-order valence-electron chi connectivity index (χ1n) is 5.38. The Bertz CT molecular complexity index is 475. The Labute approximate surface area is 95.9 Å². The molecule has 0 saturated carbocycles. The molecule has 0 fully saturated rings. The first-order chi connectivity index (χ1) is 7.47. The molecule has 0 unspecified atom stereocenters. The highest BCUT2D eigenvalue weighted by molar-refractivity contribution is 5.40. The summed E-state index contributed by atoms with van der Waals surface area (Å²) in [6.45, 7) is 6.61. The summed E-state index contributed by atoms with van der Waals surface area (Å²) in [5.74, 6) is 0. The van der Waals surface area contributed by atoms with Crippen LogP contribution in [0.1, 0.15) is 26.3 Å². The molecule has 3 heteroatoms. The fraction of sp³-hybridized carbons (Fsp3) is 0.308.